The SMILES string of the molecule is OC1CCC[C@H](N(Cc2ccccc2)Cc2ccccc2)C1. The Morgan fingerprint density at radius 2 is 1.36 bits per heavy atom. The highest BCUT2D eigenvalue weighted by Gasteiger charge is 2.25. The first-order valence-corrected chi connectivity index (χ1v) is 8.31. The third-order valence-corrected chi connectivity index (χ3v) is 4.59. The molecule has 1 aliphatic rings. The summed E-state index contributed by atoms with van der Waals surface area (Å²) in [6.07, 6.45) is 4.05. The van der Waals surface area contributed by atoms with Crippen molar-refractivity contribution in [2.45, 2.75) is 50.9 Å². The lowest BCUT2D eigenvalue weighted by Crippen LogP contribution is -2.39. The number of rotatable bonds is 5. The van der Waals surface area contributed by atoms with Gasteiger partial charge in [0, 0.05) is 19.1 Å². The first kappa shape index (κ1) is 15.3. The van der Waals surface area contributed by atoms with Crippen LogP contribution in [0.5, 0.6) is 0 Å². The van der Waals surface area contributed by atoms with Crippen LogP contribution >= 0.6 is 0 Å². The number of hydrogen-bond acceptors (Lipinski definition) is 2. The van der Waals surface area contributed by atoms with Crippen molar-refractivity contribution in [1.29, 1.82) is 0 Å². The minimum atomic E-state index is -0.132. The summed E-state index contributed by atoms with van der Waals surface area (Å²) in [7, 11) is 0. The lowest BCUT2D eigenvalue weighted by molar-refractivity contribution is 0.0542. The van der Waals surface area contributed by atoms with E-state index in [9.17, 15) is 5.11 Å². The van der Waals surface area contributed by atoms with Gasteiger partial charge in [-0.2, -0.15) is 0 Å². The summed E-state index contributed by atoms with van der Waals surface area (Å²) in [5, 5.41) is 10.0. The lowest BCUT2D eigenvalue weighted by atomic mass is 9.91. The molecule has 0 spiro atoms. The second kappa shape index (κ2) is 7.57. The summed E-state index contributed by atoms with van der Waals surface area (Å²) in [6.45, 7) is 1.90. The van der Waals surface area contributed by atoms with Crippen LogP contribution in [0.1, 0.15) is 36.8 Å². The first-order valence-electron chi connectivity index (χ1n) is 8.31. The van der Waals surface area contributed by atoms with Gasteiger partial charge in [-0.15, -0.1) is 0 Å². The Balaban J connectivity index is 1.75. The van der Waals surface area contributed by atoms with E-state index < -0.39 is 0 Å². The van der Waals surface area contributed by atoms with Crippen molar-refractivity contribution in [2.75, 3.05) is 0 Å². The highest BCUT2D eigenvalue weighted by molar-refractivity contribution is 5.17. The maximum atomic E-state index is 10.0. The van der Waals surface area contributed by atoms with Gasteiger partial charge in [-0.05, 0) is 36.8 Å². The highest BCUT2D eigenvalue weighted by Crippen LogP contribution is 2.26. The molecule has 2 aromatic rings. The van der Waals surface area contributed by atoms with E-state index in [1.54, 1.807) is 0 Å². The topological polar surface area (TPSA) is 23.5 Å². The number of aliphatic hydroxyl groups is 1. The quantitative estimate of drug-likeness (QED) is 0.901. The van der Waals surface area contributed by atoms with Gasteiger partial charge >= 0.3 is 0 Å². The molecule has 0 heterocycles. The molecule has 0 bridgehead atoms. The van der Waals surface area contributed by atoms with Gasteiger partial charge in [-0.25, -0.2) is 0 Å². The first-order chi connectivity index (χ1) is 10.8. The predicted octanol–water partition coefficient (Wildman–Crippen LogP) is 3.99. The molecule has 3 rings (SSSR count). The fourth-order valence-electron chi connectivity index (χ4n) is 3.42. The summed E-state index contributed by atoms with van der Waals surface area (Å²) in [4.78, 5) is 2.53. The summed E-state index contributed by atoms with van der Waals surface area (Å²) in [5.74, 6) is 0. The summed E-state index contributed by atoms with van der Waals surface area (Å²) < 4.78 is 0. The third-order valence-electron chi connectivity index (χ3n) is 4.59. The van der Waals surface area contributed by atoms with Crippen LogP contribution in [-0.2, 0) is 13.1 Å². The van der Waals surface area contributed by atoms with Crippen molar-refractivity contribution in [1.82, 2.24) is 4.90 Å². The minimum Gasteiger partial charge on any atom is -0.393 e. The maximum absolute atomic E-state index is 10.0. The Morgan fingerprint density at radius 3 is 1.86 bits per heavy atom. The van der Waals surface area contributed by atoms with Crippen molar-refractivity contribution in [3.8, 4) is 0 Å². The Hall–Kier alpha value is -1.64. The van der Waals surface area contributed by atoms with Crippen LogP contribution in [0.15, 0.2) is 60.7 Å². The van der Waals surface area contributed by atoms with E-state index >= 15 is 0 Å². The molecule has 2 aromatic carbocycles. The molecular formula is C20H25NO. The molecule has 1 fully saturated rings. The van der Waals surface area contributed by atoms with Gasteiger partial charge in [0.15, 0.2) is 0 Å². The predicted molar refractivity (Wildman–Crippen MR) is 90.4 cm³/mol. The van der Waals surface area contributed by atoms with Crippen molar-refractivity contribution >= 4 is 0 Å². The van der Waals surface area contributed by atoms with E-state index in [2.05, 4.69) is 65.6 Å². The molecule has 0 radical (unpaired) electrons. The Kier molecular flexibility index (Phi) is 5.25. The van der Waals surface area contributed by atoms with Gasteiger partial charge in [0.05, 0.1) is 6.10 Å². The average molecular weight is 295 g/mol. The smallest absolute Gasteiger partial charge is 0.0555 e. The maximum Gasteiger partial charge on any atom is 0.0555 e. The van der Waals surface area contributed by atoms with Crippen molar-refractivity contribution in [2.24, 2.45) is 0 Å². The summed E-state index contributed by atoms with van der Waals surface area (Å²) in [6, 6.07) is 21.8. The van der Waals surface area contributed by atoms with Crippen LogP contribution in [0, 0.1) is 0 Å². The summed E-state index contributed by atoms with van der Waals surface area (Å²) in [5.41, 5.74) is 2.69. The van der Waals surface area contributed by atoms with E-state index in [1.807, 2.05) is 0 Å². The van der Waals surface area contributed by atoms with Crippen molar-refractivity contribution in [3.63, 3.8) is 0 Å². The zero-order valence-corrected chi connectivity index (χ0v) is 13.1. The molecule has 1 unspecified atom stereocenters. The fraction of sp³-hybridized carbons (Fsp3) is 0.400. The number of aliphatic hydroxyl groups excluding tert-OH is 1. The molecule has 2 heteroatoms. The fourth-order valence-corrected chi connectivity index (χ4v) is 3.42. The van der Waals surface area contributed by atoms with Gasteiger partial charge in [-0.1, -0.05) is 60.7 Å². The van der Waals surface area contributed by atoms with Crippen LogP contribution in [0.4, 0.5) is 0 Å². The van der Waals surface area contributed by atoms with E-state index in [1.165, 1.54) is 17.5 Å². The van der Waals surface area contributed by atoms with Gasteiger partial charge in [0.1, 0.15) is 0 Å². The normalized spacial score (nSPS) is 21.9. The van der Waals surface area contributed by atoms with Crippen LogP contribution in [0.25, 0.3) is 0 Å². The summed E-state index contributed by atoms with van der Waals surface area (Å²) >= 11 is 0. The van der Waals surface area contributed by atoms with Gasteiger partial charge in [0.25, 0.3) is 0 Å². The Bertz CT molecular complexity index is 513. The molecule has 1 saturated carbocycles. The molecule has 1 N–H and O–H groups in total. The van der Waals surface area contributed by atoms with E-state index in [-0.39, 0.29) is 6.10 Å². The van der Waals surface area contributed by atoms with Crippen LogP contribution in [0.2, 0.25) is 0 Å². The number of hydrogen-bond donors (Lipinski definition) is 1. The molecule has 2 nitrogen and oxygen atoms in total. The minimum absolute atomic E-state index is 0.132. The van der Waals surface area contributed by atoms with Crippen LogP contribution < -0.4 is 0 Å². The second-order valence-electron chi connectivity index (χ2n) is 6.35. The zero-order chi connectivity index (χ0) is 15.2. The lowest BCUT2D eigenvalue weighted by Gasteiger charge is -2.36. The van der Waals surface area contributed by atoms with Crippen molar-refractivity contribution < 1.29 is 5.11 Å². The highest BCUT2D eigenvalue weighted by atomic mass is 16.3. The molecule has 0 amide bonds. The largest absolute Gasteiger partial charge is 0.393 e. The van der Waals surface area contributed by atoms with Crippen molar-refractivity contribution in [3.05, 3.63) is 71.8 Å². The van der Waals surface area contributed by atoms with Crippen LogP contribution in [-0.4, -0.2) is 22.2 Å². The van der Waals surface area contributed by atoms with E-state index in [0.29, 0.717) is 6.04 Å². The molecular weight excluding hydrogens is 270 g/mol. The number of benzene rings is 2. The van der Waals surface area contributed by atoms with Crippen LogP contribution in [0.3, 0.4) is 0 Å². The Labute approximate surface area is 133 Å². The molecule has 2 atom stereocenters. The van der Waals surface area contributed by atoms with Gasteiger partial charge < -0.3 is 5.11 Å². The third kappa shape index (κ3) is 4.19. The Morgan fingerprint density at radius 1 is 0.818 bits per heavy atom. The van der Waals surface area contributed by atoms with E-state index in [0.717, 1.165) is 32.4 Å². The molecule has 116 valence electrons. The monoisotopic (exact) mass is 295 g/mol. The molecule has 1 aliphatic carbocycles. The zero-order valence-electron chi connectivity index (χ0n) is 13.1. The molecule has 22 heavy (non-hydrogen) atoms. The molecule has 0 aliphatic heterocycles. The molecule has 0 saturated heterocycles. The second-order valence-corrected chi connectivity index (χ2v) is 6.35. The molecule has 0 aromatic heterocycles. The van der Waals surface area contributed by atoms with Gasteiger partial charge in [-0.3, -0.25) is 4.90 Å². The van der Waals surface area contributed by atoms with Gasteiger partial charge in [0.2, 0.25) is 0 Å². The van der Waals surface area contributed by atoms with E-state index in [4.69, 9.17) is 0 Å². The average Bonchev–Trinajstić information content (AvgIpc) is 2.56. The standard InChI is InChI=1S/C20H25NO/c22-20-13-7-12-19(14-20)21(15-17-8-3-1-4-9-17)16-18-10-5-2-6-11-18/h1-6,8-11,19-20,22H,7,12-16H2/t19-,20?/m0/s1. The number of nitrogens with zero attached hydrogens (tertiary/aromatic N) is 1.